The van der Waals surface area contributed by atoms with Gasteiger partial charge in [0.15, 0.2) is 5.78 Å². The SMILES string of the molecule is CCCCCCC(=O)c1cccc2c1nc(C)n2C. The van der Waals surface area contributed by atoms with Gasteiger partial charge in [0, 0.05) is 19.0 Å². The minimum Gasteiger partial charge on any atom is -0.331 e. The molecule has 2 aromatic rings. The lowest BCUT2D eigenvalue weighted by Crippen LogP contribution is -2.00. The molecule has 0 aliphatic heterocycles. The standard InChI is InChI=1S/C16H22N2O/c1-4-5-6-7-11-15(19)13-9-8-10-14-16(13)17-12(2)18(14)3/h8-10H,4-7,11H2,1-3H3. The number of para-hydroxylation sites is 1. The molecule has 102 valence electrons. The first-order valence-electron chi connectivity index (χ1n) is 7.10. The van der Waals surface area contributed by atoms with Crippen LogP contribution in [0.3, 0.4) is 0 Å². The summed E-state index contributed by atoms with van der Waals surface area (Å²) in [6.07, 6.45) is 5.16. The van der Waals surface area contributed by atoms with Crippen molar-refractivity contribution in [3.05, 3.63) is 29.6 Å². The van der Waals surface area contributed by atoms with Crippen LogP contribution in [0.5, 0.6) is 0 Å². The number of carbonyl (C=O) groups excluding carboxylic acids is 1. The lowest BCUT2D eigenvalue weighted by molar-refractivity contribution is 0.0980. The van der Waals surface area contributed by atoms with Crippen molar-refractivity contribution < 1.29 is 4.79 Å². The fourth-order valence-electron chi connectivity index (χ4n) is 2.40. The van der Waals surface area contributed by atoms with Gasteiger partial charge in [-0.3, -0.25) is 4.79 Å². The van der Waals surface area contributed by atoms with Gasteiger partial charge in [-0.2, -0.15) is 0 Å². The topological polar surface area (TPSA) is 34.9 Å². The summed E-state index contributed by atoms with van der Waals surface area (Å²) in [4.78, 5) is 16.8. The van der Waals surface area contributed by atoms with E-state index in [1.165, 1.54) is 12.8 Å². The van der Waals surface area contributed by atoms with Crippen LogP contribution in [-0.2, 0) is 7.05 Å². The number of aromatic nitrogens is 2. The Balaban J connectivity index is 2.20. The van der Waals surface area contributed by atoms with Crippen molar-refractivity contribution in [2.45, 2.75) is 46.0 Å². The van der Waals surface area contributed by atoms with Gasteiger partial charge in [0.2, 0.25) is 0 Å². The van der Waals surface area contributed by atoms with Gasteiger partial charge in [-0.25, -0.2) is 4.98 Å². The number of imidazole rings is 1. The third-order valence-electron chi connectivity index (χ3n) is 3.69. The van der Waals surface area contributed by atoms with Crippen molar-refractivity contribution in [1.29, 1.82) is 0 Å². The molecule has 0 aliphatic rings. The van der Waals surface area contributed by atoms with Crippen LogP contribution in [0.4, 0.5) is 0 Å². The Morgan fingerprint density at radius 1 is 1.26 bits per heavy atom. The molecule has 0 spiro atoms. The summed E-state index contributed by atoms with van der Waals surface area (Å²) < 4.78 is 2.03. The number of fused-ring (bicyclic) bond motifs is 1. The van der Waals surface area contributed by atoms with E-state index in [4.69, 9.17) is 0 Å². The van der Waals surface area contributed by atoms with Crippen LogP contribution in [0.15, 0.2) is 18.2 Å². The summed E-state index contributed by atoms with van der Waals surface area (Å²) >= 11 is 0. The van der Waals surface area contributed by atoms with Crippen LogP contribution < -0.4 is 0 Å². The fraction of sp³-hybridized carbons (Fsp3) is 0.500. The van der Waals surface area contributed by atoms with E-state index in [1.807, 2.05) is 36.7 Å². The fourth-order valence-corrected chi connectivity index (χ4v) is 2.40. The van der Waals surface area contributed by atoms with Gasteiger partial charge in [-0.05, 0) is 25.5 Å². The maximum Gasteiger partial charge on any atom is 0.165 e. The van der Waals surface area contributed by atoms with Gasteiger partial charge in [0.05, 0.1) is 11.0 Å². The second-order valence-corrected chi connectivity index (χ2v) is 5.13. The molecule has 1 aromatic carbocycles. The second-order valence-electron chi connectivity index (χ2n) is 5.13. The van der Waals surface area contributed by atoms with E-state index in [9.17, 15) is 4.79 Å². The van der Waals surface area contributed by atoms with Crippen LogP contribution in [0.1, 0.15) is 55.2 Å². The molecule has 3 nitrogen and oxygen atoms in total. The highest BCUT2D eigenvalue weighted by molar-refractivity contribution is 6.06. The molecule has 0 radical (unpaired) electrons. The average molecular weight is 258 g/mol. The minimum absolute atomic E-state index is 0.222. The van der Waals surface area contributed by atoms with Gasteiger partial charge >= 0.3 is 0 Å². The molecule has 0 N–H and O–H groups in total. The molecule has 3 heteroatoms. The molecule has 1 aromatic heterocycles. The average Bonchev–Trinajstić information content (AvgIpc) is 2.70. The zero-order valence-corrected chi connectivity index (χ0v) is 12.1. The molecule has 1 heterocycles. The van der Waals surface area contributed by atoms with Gasteiger partial charge in [-0.15, -0.1) is 0 Å². The van der Waals surface area contributed by atoms with Crippen molar-refractivity contribution in [3.8, 4) is 0 Å². The van der Waals surface area contributed by atoms with Crippen molar-refractivity contribution in [2.75, 3.05) is 0 Å². The summed E-state index contributed by atoms with van der Waals surface area (Å²) in [5, 5.41) is 0. The first-order chi connectivity index (χ1) is 9.15. The number of benzene rings is 1. The molecular formula is C16H22N2O. The number of rotatable bonds is 6. The van der Waals surface area contributed by atoms with E-state index in [0.717, 1.165) is 35.3 Å². The first-order valence-corrected chi connectivity index (χ1v) is 7.10. The number of nitrogens with zero attached hydrogens (tertiary/aromatic N) is 2. The maximum atomic E-state index is 12.3. The van der Waals surface area contributed by atoms with E-state index in [2.05, 4.69) is 11.9 Å². The zero-order valence-electron chi connectivity index (χ0n) is 12.1. The normalized spacial score (nSPS) is 11.1. The zero-order chi connectivity index (χ0) is 13.8. The van der Waals surface area contributed by atoms with Gasteiger partial charge in [0.25, 0.3) is 0 Å². The van der Waals surface area contributed by atoms with Crippen molar-refractivity contribution in [3.63, 3.8) is 0 Å². The highest BCUT2D eigenvalue weighted by Gasteiger charge is 2.13. The summed E-state index contributed by atoms with van der Waals surface area (Å²) in [5.74, 6) is 1.17. The predicted octanol–water partition coefficient (Wildman–Crippen LogP) is 4.03. The van der Waals surface area contributed by atoms with Gasteiger partial charge < -0.3 is 4.57 Å². The Morgan fingerprint density at radius 2 is 2.05 bits per heavy atom. The smallest absolute Gasteiger partial charge is 0.165 e. The largest absolute Gasteiger partial charge is 0.331 e. The number of aryl methyl sites for hydroxylation is 2. The van der Waals surface area contributed by atoms with Crippen molar-refractivity contribution in [1.82, 2.24) is 9.55 Å². The van der Waals surface area contributed by atoms with Crippen molar-refractivity contribution >= 4 is 16.8 Å². The Labute approximate surface area is 114 Å². The lowest BCUT2D eigenvalue weighted by Gasteiger charge is -2.02. The number of unbranched alkanes of at least 4 members (excludes halogenated alkanes) is 3. The number of ketones is 1. The summed E-state index contributed by atoms with van der Waals surface area (Å²) in [5.41, 5.74) is 2.66. The van der Waals surface area contributed by atoms with E-state index >= 15 is 0 Å². The Bertz CT molecular complexity index is 584. The maximum absolute atomic E-state index is 12.3. The molecule has 0 saturated carbocycles. The van der Waals surface area contributed by atoms with Gasteiger partial charge in [0.1, 0.15) is 5.82 Å². The Kier molecular flexibility index (Phi) is 4.35. The molecule has 2 rings (SSSR count). The van der Waals surface area contributed by atoms with Crippen LogP contribution >= 0.6 is 0 Å². The molecule has 0 saturated heterocycles. The van der Waals surface area contributed by atoms with Crippen LogP contribution in [-0.4, -0.2) is 15.3 Å². The number of Topliss-reactive ketones (excluding diaryl/α,β-unsaturated/α-hetero) is 1. The van der Waals surface area contributed by atoms with Gasteiger partial charge in [-0.1, -0.05) is 32.3 Å². The highest BCUT2D eigenvalue weighted by Crippen LogP contribution is 2.21. The number of hydrogen-bond donors (Lipinski definition) is 0. The number of hydrogen-bond acceptors (Lipinski definition) is 2. The third-order valence-corrected chi connectivity index (χ3v) is 3.69. The molecule has 0 unspecified atom stereocenters. The summed E-state index contributed by atoms with van der Waals surface area (Å²) in [6.45, 7) is 4.15. The van der Waals surface area contributed by atoms with E-state index in [1.54, 1.807) is 0 Å². The molecule has 0 atom stereocenters. The highest BCUT2D eigenvalue weighted by atomic mass is 16.1. The second kappa shape index (κ2) is 6.00. The molecule has 19 heavy (non-hydrogen) atoms. The first kappa shape index (κ1) is 13.8. The van der Waals surface area contributed by atoms with Crippen LogP contribution in [0, 0.1) is 6.92 Å². The monoisotopic (exact) mass is 258 g/mol. The predicted molar refractivity (Wildman–Crippen MR) is 78.5 cm³/mol. The molecule has 0 aliphatic carbocycles. The molecule has 0 bridgehead atoms. The van der Waals surface area contributed by atoms with Crippen molar-refractivity contribution in [2.24, 2.45) is 7.05 Å². The quantitative estimate of drug-likeness (QED) is 0.579. The van der Waals surface area contributed by atoms with Crippen LogP contribution in [0.25, 0.3) is 11.0 Å². The lowest BCUT2D eigenvalue weighted by atomic mass is 10.0. The molecule has 0 amide bonds. The number of carbonyl (C=O) groups is 1. The summed E-state index contributed by atoms with van der Waals surface area (Å²) in [6, 6.07) is 5.86. The van der Waals surface area contributed by atoms with E-state index in [0.29, 0.717) is 6.42 Å². The van der Waals surface area contributed by atoms with E-state index in [-0.39, 0.29) is 5.78 Å². The minimum atomic E-state index is 0.222. The van der Waals surface area contributed by atoms with E-state index < -0.39 is 0 Å². The third kappa shape index (κ3) is 2.86. The summed E-state index contributed by atoms with van der Waals surface area (Å²) in [7, 11) is 1.99. The molecular weight excluding hydrogens is 236 g/mol. The molecule has 0 fully saturated rings. The van der Waals surface area contributed by atoms with Crippen LogP contribution in [0.2, 0.25) is 0 Å². The Morgan fingerprint density at radius 3 is 2.79 bits per heavy atom. The Hall–Kier alpha value is -1.64.